The van der Waals surface area contributed by atoms with Crippen LogP contribution in [0.2, 0.25) is 0 Å². The number of hydrogen-bond donors (Lipinski definition) is 1. The minimum atomic E-state index is 0.905. The van der Waals surface area contributed by atoms with E-state index in [-0.39, 0.29) is 0 Å². The van der Waals surface area contributed by atoms with Crippen molar-refractivity contribution in [1.29, 1.82) is 0 Å². The fraction of sp³-hybridized carbons (Fsp3) is 0. The third-order valence-corrected chi connectivity index (χ3v) is 8.60. The van der Waals surface area contributed by atoms with Crippen LogP contribution in [0.1, 0.15) is 0 Å². The van der Waals surface area contributed by atoms with Gasteiger partial charge in [0.05, 0.1) is 22.2 Å². The number of para-hydroxylation sites is 4. The van der Waals surface area contributed by atoms with Gasteiger partial charge in [0.2, 0.25) is 0 Å². The van der Waals surface area contributed by atoms with Crippen molar-refractivity contribution in [1.82, 2.24) is 19.5 Å². The standard InChI is InChI=1S/C40H26N4/c1-2-14-29(15-3-1)44-36-22-10-18-31(27-12-8-13-28(25-27)37-30-16-5-4-11-26(30)23-24-41-37)39(36)43-40(44)34-20-9-19-33-32-17-6-7-21-35(32)42-38(33)34/h1-25,42H. The van der Waals surface area contributed by atoms with Crippen molar-refractivity contribution >= 4 is 43.6 Å². The molecule has 206 valence electrons. The van der Waals surface area contributed by atoms with Crippen LogP contribution in [0.3, 0.4) is 0 Å². The van der Waals surface area contributed by atoms with Crippen molar-refractivity contribution in [3.63, 3.8) is 0 Å². The van der Waals surface area contributed by atoms with E-state index in [2.05, 4.69) is 155 Å². The lowest BCUT2D eigenvalue weighted by atomic mass is 9.98. The number of aromatic amines is 1. The van der Waals surface area contributed by atoms with Crippen molar-refractivity contribution in [2.24, 2.45) is 0 Å². The summed E-state index contributed by atoms with van der Waals surface area (Å²) in [6.07, 6.45) is 1.89. The van der Waals surface area contributed by atoms with E-state index in [1.165, 1.54) is 16.2 Å². The number of H-pyrrole nitrogens is 1. The van der Waals surface area contributed by atoms with Gasteiger partial charge in [0.1, 0.15) is 5.82 Å². The van der Waals surface area contributed by atoms with Gasteiger partial charge in [-0.2, -0.15) is 0 Å². The SMILES string of the molecule is c1ccc(-n2c(-c3cccc4c3[nH]c3ccccc34)nc3c(-c4cccc(-c5nccc6ccccc56)c4)cccc32)cc1. The molecule has 0 radical (unpaired) electrons. The number of rotatable bonds is 4. The second-order valence-corrected chi connectivity index (χ2v) is 11.1. The van der Waals surface area contributed by atoms with Gasteiger partial charge in [-0.15, -0.1) is 0 Å². The van der Waals surface area contributed by atoms with E-state index in [1.807, 2.05) is 6.20 Å². The highest BCUT2D eigenvalue weighted by atomic mass is 15.1. The highest BCUT2D eigenvalue weighted by molar-refractivity contribution is 6.12. The fourth-order valence-electron chi connectivity index (χ4n) is 6.59. The third kappa shape index (κ3) is 3.78. The van der Waals surface area contributed by atoms with Gasteiger partial charge < -0.3 is 4.98 Å². The quantitative estimate of drug-likeness (QED) is 0.232. The molecule has 0 fully saturated rings. The zero-order valence-corrected chi connectivity index (χ0v) is 23.8. The summed E-state index contributed by atoms with van der Waals surface area (Å²) in [4.78, 5) is 13.9. The zero-order chi connectivity index (χ0) is 29.0. The maximum Gasteiger partial charge on any atom is 0.147 e. The molecule has 3 aromatic heterocycles. The third-order valence-electron chi connectivity index (χ3n) is 8.60. The zero-order valence-electron chi connectivity index (χ0n) is 23.8. The number of imidazole rings is 1. The van der Waals surface area contributed by atoms with E-state index in [0.29, 0.717) is 0 Å². The molecule has 0 saturated heterocycles. The Morgan fingerprint density at radius 2 is 1.27 bits per heavy atom. The highest BCUT2D eigenvalue weighted by Gasteiger charge is 2.20. The van der Waals surface area contributed by atoms with E-state index in [4.69, 9.17) is 9.97 Å². The molecule has 0 aliphatic carbocycles. The first-order valence-electron chi connectivity index (χ1n) is 14.8. The van der Waals surface area contributed by atoms with Gasteiger partial charge in [0.15, 0.2) is 0 Å². The van der Waals surface area contributed by atoms with Crippen LogP contribution >= 0.6 is 0 Å². The second kappa shape index (κ2) is 9.79. The molecule has 0 aliphatic heterocycles. The van der Waals surface area contributed by atoms with E-state index < -0.39 is 0 Å². The van der Waals surface area contributed by atoms with Gasteiger partial charge in [-0.3, -0.25) is 9.55 Å². The van der Waals surface area contributed by atoms with Crippen molar-refractivity contribution in [2.75, 3.05) is 0 Å². The largest absolute Gasteiger partial charge is 0.354 e. The number of pyridine rings is 1. The lowest BCUT2D eigenvalue weighted by molar-refractivity contribution is 1.10. The van der Waals surface area contributed by atoms with Gasteiger partial charge in [0.25, 0.3) is 0 Å². The van der Waals surface area contributed by atoms with Crippen LogP contribution in [0, 0.1) is 0 Å². The first-order chi connectivity index (χ1) is 21.8. The van der Waals surface area contributed by atoms with Gasteiger partial charge in [-0.25, -0.2) is 4.98 Å². The summed E-state index contributed by atoms with van der Waals surface area (Å²) >= 11 is 0. The molecule has 0 bridgehead atoms. The summed E-state index contributed by atoms with van der Waals surface area (Å²) < 4.78 is 2.29. The Bertz CT molecular complexity index is 2500. The molecule has 0 unspecified atom stereocenters. The molecule has 0 amide bonds. The first kappa shape index (κ1) is 24.6. The van der Waals surface area contributed by atoms with Gasteiger partial charge in [-0.05, 0) is 53.4 Å². The number of fused-ring (bicyclic) bond motifs is 5. The summed E-state index contributed by atoms with van der Waals surface area (Å²) in [5.74, 6) is 0.905. The van der Waals surface area contributed by atoms with Crippen molar-refractivity contribution in [3.8, 4) is 39.5 Å². The van der Waals surface area contributed by atoms with E-state index in [0.717, 1.165) is 66.9 Å². The highest BCUT2D eigenvalue weighted by Crippen LogP contribution is 2.39. The van der Waals surface area contributed by atoms with Crippen molar-refractivity contribution < 1.29 is 0 Å². The minimum absolute atomic E-state index is 0.905. The van der Waals surface area contributed by atoms with Crippen LogP contribution < -0.4 is 0 Å². The van der Waals surface area contributed by atoms with E-state index in [9.17, 15) is 0 Å². The number of aromatic nitrogens is 4. The van der Waals surface area contributed by atoms with Crippen LogP contribution in [0.25, 0.3) is 83.1 Å². The van der Waals surface area contributed by atoms with Crippen LogP contribution in [0.4, 0.5) is 0 Å². The maximum atomic E-state index is 5.44. The van der Waals surface area contributed by atoms with Crippen LogP contribution in [-0.4, -0.2) is 19.5 Å². The molecule has 0 saturated carbocycles. The monoisotopic (exact) mass is 562 g/mol. The number of nitrogens with zero attached hydrogens (tertiary/aromatic N) is 3. The molecule has 1 N–H and O–H groups in total. The van der Waals surface area contributed by atoms with Gasteiger partial charge in [0, 0.05) is 50.2 Å². The number of nitrogens with one attached hydrogen (secondary N) is 1. The van der Waals surface area contributed by atoms with E-state index in [1.54, 1.807) is 0 Å². The molecule has 0 spiro atoms. The molecule has 44 heavy (non-hydrogen) atoms. The lowest BCUT2D eigenvalue weighted by Crippen LogP contribution is -1.97. The second-order valence-electron chi connectivity index (χ2n) is 11.1. The number of hydrogen-bond acceptors (Lipinski definition) is 2. The summed E-state index contributed by atoms with van der Waals surface area (Å²) in [6.45, 7) is 0. The summed E-state index contributed by atoms with van der Waals surface area (Å²) in [5, 5.41) is 4.74. The Balaban J connectivity index is 1.30. The van der Waals surface area contributed by atoms with Crippen molar-refractivity contribution in [3.05, 3.63) is 152 Å². The van der Waals surface area contributed by atoms with Crippen molar-refractivity contribution in [2.45, 2.75) is 0 Å². The minimum Gasteiger partial charge on any atom is -0.354 e. The molecule has 6 aromatic carbocycles. The maximum absolute atomic E-state index is 5.44. The Kier molecular flexibility index (Phi) is 5.47. The fourth-order valence-corrected chi connectivity index (χ4v) is 6.59. The van der Waals surface area contributed by atoms with Gasteiger partial charge in [-0.1, -0.05) is 103 Å². The predicted octanol–water partition coefficient (Wildman–Crippen LogP) is 10.2. The lowest BCUT2D eigenvalue weighted by Gasteiger charge is -2.11. The molecule has 9 aromatic rings. The topological polar surface area (TPSA) is 46.5 Å². The average molecular weight is 563 g/mol. The summed E-state index contributed by atoms with van der Waals surface area (Å²) in [7, 11) is 0. The first-order valence-corrected chi connectivity index (χ1v) is 14.8. The molecule has 0 aliphatic rings. The van der Waals surface area contributed by atoms with Crippen LogP contribution in [0.15, 0.2) is 152 Å². The molecule has 3 heterocycles. The Labute approximate surface area is 253 Å². The van der Waals surface area contributed by atoms with Crippen LogP contribution in [0.5, 0.6) is 0 Å². The summed E-state index contributed by atoms with van der Waals surface area (Å²) in [5.41, 5.74) is 10.6. The smallest absolute Gasteiger partial charge is 0.147 e. The van der Waals surface area contributed by atoms with Crippen LogP contribution in [-0.2, 0) is 0 Å². The molecule has 4 nitrogen and oxygen atoms in total. The average Bonchev–Trinajstić information content (AvgIpc) is 3.67. The number of benzene rings is 6. The Hall–Kier alpha value is -6.00. The summed E-state index contributed by atoms with van der Waals surface area (Å²) in [6, 6.07) is 51.1. The molecule has 0 atom stereocenters. The van der Waals surface area contributed by atoms with E-state index >= 15 is 0 Å². The van der Waals surface area contributed by atoms with Gasteiger partial charge >= 0.3 is 0 Å². The Morgan fingerprint density at radius 3 is 2.20 bits per heavy atom. The Morgan fingerprint density at radius 1 is 0.545 bits per heavy atom. The molecule has 9 rings (SSSR count). The molecular weight excluding hydrogens is 536 g/mol. The molecule has 4 heteroatoms. The molecular formula is C40H26N4. The predicted molar refractivity (Wildman–Crippen MR) is 182 cm³/mol. The normalized spacial score (nSPS) is 11.6.